The van der Waals surface area contributed by atoms with E-state index in [-0.39, 0.29) is 0 Å². The Labute approximate surface area is 98.6 Å². The van der Waals surface area contributed by atoms with Gasteiger partial charge in [0, 0.05) is 7.11 Å². The maximum absolute atomic E-state index is 5.36. The molecule has 0 fully saturated rings. The minimum atomic E-state index is 0.311. The molecule has 1 aromatic rings. The smallest absolute Gasteiger partial charge is 0.188 e. The summed E-state index contributed by atoms with van der Waals surface area (Å²) in [6, 6.07) is 8.36. The van der Waals surface area contributed by atoms with Gasteiger partial charge < -0.3 is 9.47 Å². The second-order valence-electron chi connectivity index (χ2n) is 4.01. The molecule has 16 heavy (non-hydrogen) atoms. The normalized spacial score (nSPS) is 12.4. The summed E-state index contributed by atoms with van der Waals surface area (Å²) >= 11 is 0. The number of methoxy groups -OCH3 is 1. The van der Waals surface area contributed by atoms with Gasteiger partial charge in [0.1, 0.15) is 5.75 Å². The molecule has 90 valence electrons. The van der Waals surface area contributed by atoms with Gasteiger partial charge in [-0.2, -0.15) is 0 Å². The first-order chi connectivity index (χ1) is 7.81. The number of ether oxygens (including phenoxy) is 2. The van der Waals surface area contributed by atoms with Crippen LogP contribution in [-0.2, 0) is 4.74 Å². The van der Waals surface area contributed by atoms with Crippen molar-refractivity contribution in [1.82, 2.24) is 0 Å². The summed E-state index contributed by atoms with van der Waals surface area (Å²) in [4.78, 5) is 0. The van der Waals surface area contributed by atoms with Crippen molar-refractivity contribution in [2.24, 2.45) is 0 Å². The molecule has 2 heteroatoms. The van der Waals surface area contributed by atoms with E-state index in [9.17, 15) is 0 Å². The molecular weight excluding hydrogens is 200 g/mol. The second-order valence-corrected chi connectivity index (χ2v) is 4.01. The second kappa shape index (κ2) is 7.29. The monoisotopic (exact) mass is 222 g/mol. The van der Waals surface area contributed by atoms with E-state index in [4.69, 9.17) is 9.47 Å². The van der Waals surface area contributed by atoms with E-state index in [1.165, 1.54) is 24.8 Å². The van der Waals surface area contributed by atoms with Crippen LogP contribution in [0.15, 0.2) is 24.3 Å². The molecule has 1 aromatic carbocycles. The Hall–Kier alpha value is -1.02. The summed E-state index contributed by atoms with van der Waals surface area (Å²) < 4.78 is 10.2. The van der Waals surface area contributed by atoms with Gasteiger partial charge in [-0.1, -0.05) is 32.4 Å². The highest BCUT2D eigenvalue weighted by molar-refractivity contribution is 5.29. The zero-order chi connectivity index (χ0) is 11.8. The average Bonchev–Trinajstić information content (AvgIpc) is 2.34. The zero-order valence-electron chi connectivity index (χ0n) is 10.5. The van der Waals surface area contributed by atoms with Crippen LogP contribution < -0.4 is 4.74 Å². The standard InChI is InChI=1S/C14H22O2/c1-4-6-12(5-2)13-7-9-14(10-8-13)16-11-15-3/h7-10,12H,4-6,11H2,1-3H3. The summed E-state index contributed by atoms with van der Waals surface area (Å²) in [6.45, 7) is 4.79. The zero-order valence-corrected chi connectivity index (χ0v) is 10.5. The highest BCUT2D eigenvalue weighted by Gasteiger charge is 2.07. The van der Waals surface area contributed by atoms with Crippen molar-refractivity contribution >= 4 is 0 Å². The van der Waals surface area contributed by atoms with Crippen molar-refractivity contribution in [1.29, 1.82) is 0 Å². The molecule has 0 aliphatic rings. The maximum atomic E-state index is 5.36. The minimum absolute atomic E-state index is 0.311. The fraction of sp³-hybridized carbons (Fsp3) is 0.571. The van der Waals surface area contributed by atoms with E-state index in [0.717, 1.165) is 5.75 Å². The lowest BCUT2D eigenvalue weighted by Crippen LogP contribution is -2.00. The molecule has 1 unspecified atom stereocenters. The molecule has 0 aliphatic heterocycles. The van der Waals surface area contributed by atoms with Crippen LogP contribution >= 0.6 is 0 Å². The van der Waals surface area contributed by atoms with Gasteiger partial charge in [0.05, 0.1) is 0 Å². The van der Waals surface area contributed by atoms with Crippen LogP contribution in [0.3, 0.4) is 0 Å². The van der Waals surface area contributed by atoms with E-state index in [1.54, 1.807) is 7.11 Å². The average molecular weight is 222 g/mol. The quantitative estimate of drug-likeness (QED) is 0.650. The van der Waals surface area contributed by atoms with Crippen molar-refractivity contribution in [2.75, 3.05) is 13.9 Å². The first-order valence-electron chi connectivity index (χ1n) is 6.03. The summed E-state index contributed by atoms with van der Waals surface area (Å²) in [5.74, 6) is 1.55. The van der Waals surface area contributed by atoms with Crippen molar-refractivity contribution in [3.8, 4) is 5.75 Å². The Balaban J connectivity index is 2.61. The first-order valence-corrected chi connectivity index (χ1v) is 6.03. The SMILES string of the molecule is CCCC(CC)c1ccc(OCOC)cc1. The molecule has 0 saturated carbocycles. The van der Waals surface area contributed by atoms with Crippen LogP contribution in [0.5, 0.6) is 5.75 Å². The van der Waals surface area contributed by atoms with E-state index < -0.39 is 0 Å². The predicted molar refractivity (Wildman–Crippen MR) is 66.9 cm³/mol. The molecular formula is C14H22O2. The molecule has 1 atom stereocenters. The van der Waals surface area contributed by atoms with Crippen LogP contribution in [0.1, 0.15) is 44.6 Å². The Bertz CT molecular complexity index is 279. The predicted octanol–water partition coefficient (Wildman–Crippen LogP) is 3.96. The molecule has 0 heterocycles. The van der Waals surface area contributed by atoms with E-state index in [0.29, 0.717) is 12.7 Å². The molecule has 0 amide bonds. The van der Waals surface area contributed by atoms with Gasteiger partial charge in [0.25, 0.3) is 0 Å². The van der Waals surface area contributed by atoms with E-state index >= 15 is 0 Å². The largest absolute Gasteiger partial charge is 0.468 e. The Morgan fingerprint density at radius 3 is 2.31 bits per heavy atom. The van der Waals surface area contributed by atoms with Crippen LogP contribution in [0.25, 0.3) is 0 Å². The van der Waals surface area contributed by atoms with Crippen molar-refractivity contribution < 1.29 is 9.47 Å². The number of rotatable bonds is 7. The Morgan fingerprint density at radius 2 is 1.81 bits per heavy atom. The van der Waals surface area contributed by atoms with Crippen molar-refractivity contribution in [2.45, 2.75) is 39.0 Å². The topological polar surface area (TPSA) is 18.5 Å². The van der Waals surface area contributed by atoms with Gasteiger partial charge >= 0.3 is 0 Å². The molecule has 0 bridgehead atoms. The van der Waals surface area contributed by atoms with Crippen molar-refractivity contribution in [3.05, 3.63) is 29.8 Å². The minimum Gasteiger partial charge on any atom is -0.468 e. The molecule has 0 aromatic heterocycles. The molecule has 0 radical (unpaired) electrons. The van der Waals surface area contributed by atoms with Gasteiger partial charge in [-0.05, 0) is 36.5 Å². The fourth-order valence-corrected chi connectivity index (χ4v) is 1.92. The van der Waals surface area contributed by atoms with Crippen LogP contribution in [0.2, 0.25) is 0 Å². The van der Waals surface area contributed by atoms with E-state index in [2.05, 4.69) is 26.0 Å². The molecule has 0 saturated heterocycles. The Kier molecular flexibility index (Phi) is 5.94. The summed E-state index contributed by atoms with van der Waals surface area (Å²) in [7, 11) is 1.63. The molecule has 0 spiro atoms. The van der Waals surface area contributed by atoms with Crippen LogP contribution in [0, 0.1) is 0 Å². The molecule has 0 aliphatic carbocycles. The van der Waals surface area contributed by atoms with Gasteiger partial charge in [-0.15, -0.1) is 0 Å². The Morgan fingerprint density at radius 1 is 1.12 bits per heavy atom. The summed E-state index contributed by atoms with van der Waals surface area (Å²) in [6.07, 6.45) is 3.70. The summed E-state index contributed by atoms with van der Waals surface area (Å²) in [5, 5.41) is 0. The highest BCUT2D eigenvalue weighted by atomic mass is 16.7. The molecule has 2 nitrogen and oxygen atoms in total. The van der Waals surface area contributed by atoms with Gasteiger partial charge in [-0.3, -0.25) is 0 Å². The van der Waals surface area contributed by atoms with Crippen molar-refractivity contribution in [3.63, 3.8) is 0 Å². The maximum Gasteiger partial charge on any atom is 0.188 e. The fourth-order valence-electron chi connectivity index (χ4n) is 1.92. The lowest BCUT2D eigenvalue weighted by atomic mass is 9.92. The van der Waals surface area contributed by atoms with E-state index in [1.807, 2.05) is 12.1 Å². The molecule has 1 rings (SSSR count). The number of benzene rings is 1. The third-order valence-corrected chi connectivity index (χ3v) is 2.82. The third kappa shape index (κ3) is 3.86. The number of hydrogen-bond acceptors (Lipinski definition) is 2. The third-order valence-electron chi connectivity index (χ3n) is 2.82. The first kappa shape index (κ1) is 13.0. The van der Waals surface area contributed by atoms with Crippen LogP contribution in [0.4, 0.5) is 0 Å². The van der Waals surface area contributed by atoms with Crippen LogP contribution in [-0.4, -0.2) is 13.9 Å². The lowest BCUT2D eigenvalue weighted by Gasteiger charge is -2.14. The summed E-state index contributed by atoms with van der Waals surface area (Å²) in [5.41, 5.74) is 1.41. The lowest BCUT2D eigenvalue weighted by molar-refractivity contribution is 0.0511. The highest BCUT2D eigenvalue weighted by Crippen LogP contribution is 2.26. The van der Waals surface area contributed by atoms with Gasteiger partial charge in [0.2, 0.25) is 0 Å². The molecule has 0 N–H and O–H groups in total. The van der Waals surface area contributed by atoms with Gasteiger partial charge in [-0.25, -0.2) is 0 Å². The number of hydrogen-bond donors (Lipinski definition) is 0. The van der Waals surface area contributed by atoms with Gasteiger partial charge in [0.15, 0.2) is 6.79 Å².